The Hall–Kier alpha value is -1.86. The molecule has 0 aliphatic carbocycles. The first-order valence-electron chi connectivity index (χ1n) is 8.20. The molecule has 0 saturated heterocycles. The summed E-state index contributed by atoms with van der Waals surface area (Å²) in [5.74, 6) is 1.00. The number of halogens is 1. The van der Waals surface area contributed by atoms with Crippen LogP contribution < -0.4 is 10.6 Å². The Labute approximate surface area is 154 Å². The van der Waals surface area contributed by atoms with Crippen LogP contribution >= 0.6 is 11.6 Å². The van der Waals surface area contributed by atoms with Crippen molar-refractivity contribution in [3.8, 4) is 0 Å². The molecule has 0 amide bonds. The van der Waals surface area contributed by atoms with Crippen molar-refractivity contribution < 1.29 is 8.42 Å². The molecule has 0 radical (unpaired) electrons. The molecule has 0 aliphatic heterocycles. The van der Waals surface area contributed by atoms with Crippen molar-refractivity contribution >= 4 is 38.9 Å². The second-order valence-corrected chi connectivity index (χ2v) is 8.14. The fraction of sp³-hybridized carbons (Fsp3) is 0.412. The molecular weight excluding hydrogens is 360 g/mol. The minimum atomic E-state index is -3.43. The third-order valence-corrected chi connectivity index (χ3v) is 6.27. The molecule has 0 saturated carbocycles. The molecule has 0 bridgehead atoms. The van der Waals surface area contributed by atoms with E-state index in [9.17, 15) is 8.42 Å². The third-order valence-electron chi connectivity index (χ3n) is 4.05. The molecule has 0 fully saturated rings. The number of hydrogen-bond acceptors (Lipinski definition) is 6. The highest BCUT2D eigenvalue weighted by atomic mass is 35.5. The second-order valence-electron chi connectivity index (χ2n) is 5.73. The molecule has 2 rings (SSSR count). The number of rotatable bonds is 8. The summed E-state index contributed by atoms with van der Waals surface area (Å²) >= 11 is 6.13. The monoisotopic (exact) mass is 382 g/mol. The minimum absolute atomic E-state index is 0.123. The van der Waals surface area contributed by atoms with Crippen molar-refractivity contribution in [3.05, 3.63) is 35.5 Å². The van der Waals surface area contributed by atoms with Gasteiger partial charge in [0.15, 0.2) is 15.7 Å². The summed E-state index contributed by atoms with van der Waals surface area (Å²) in [6, 6.07) is 6.80. The van der Waals surface area contributed by atoms with Crippen LogP contribution in [0.2, 0.25) is 5.02 Å². The largest absolute Gasteiger partial charge is 0.357 e. The fourth-order valence-corrected chi connectivity index (χ4v) is 4.62. The Morgan fingerprint density at radius 2 is 1.88 bits per heavy atom. The van der Waals surface area contributed by atoms with Gasteiger partial charge in [0.1, 0.15) is 5.02 Å². The highest BCUT2D eigenvalue weighted by Gasteiger charge is 2.22. The predicted octanol–water partition coefficient (Wildman–Crippen LogP) is 4.13. The molecule has 0 aliphatic rings. The van der Waals surface area contributed by atoms with E-state index in [1.165, 1.54) is 6.20 Å². The molecule has 136 valence electrons. The summed E-state index contributed by atoms with van der Waals surface area (Å²) in [5, 5.41) is 6.17. The van der Waals surface area contributed by atoms with Crippen molar-refractivity contribution in [2.24, 2.45) is 5.92 Å². The maximum Gasteiger partial charge on any atom is 0.224 e. The number of sulfone groups is 1. The molecule has 8 heteroatoms. The molecule has 25 heavy (non-hydrogen) atoms. The van der Waals surface area contributed by atoms with Crippen molar-refractivity contribution in [1.29, 1.82) is 0 Å². The van der Waals surface area contributed by atoms with Crippen LogP contribution in [-0.4, -0.2) is 31.2 Å². The molecular formula is C17H23ClN4O2S. The van der Waals surface area contributed by atoms with E-state index in [4.69, 9.17) is 11.6 Å². The molecule has 1 heterocycles. The van der Waals surface area contributed by atoms with Gasteiger partial charge in [-0.25, -0.2) is 13.4 Å². The van der Waals surface area contributed by atoms with Gasteiger partial charge in [0, 0.05) is 7.05 Å². The zero-order valence-corrected chi connectivity index (χ0v) is 16.2. The van der Waals surface area contributed by atoms with Gasteiger partial charge in [0.05, 0.1) is 22.5 Å². The molecule has 2 aromatic rings. The van der Waals surface area contributed by atoms with E-state index in [2.05, 4.69) is 20.6 Å². The summed E-state index contributed by atoms with van der Waals surface area (Å²) in [6.45, 7) is 4.02. The number of nitrogens with zero attached hydrogens (tertiary/aromatic N) is 2. The number of aromatic nitrogens is 2. The third kappa shape index (κ3) is 4.83. The molecule has 0 unspecified atom stereocenters. The zero-order chi connectivity index (χ0) is 18.4. The van der Waals surface area contributed by atoms with Crippen LogP contribution in [0.5, 0.6) is 0 Å². The second kappa shape index (κ2) is 8.49. The molecule has 1 aromatic heterocycles. The van der Waals surface area contributed by atoms with Gasteiger partial charge in [-0.1, -0.05) is 50.4 Å². The minimum Gasteiger partial charge on any atom is -0.357 e. The average molecular weight is 383 g/mol. The Bertz CT molecular complexity index is 823. The Morgan fingerprint density at radius 1 is 1.20 bits per heavy atom. The lowest BCUT2D eigenvalue weighted by Crippen LogP contribution is -2.16. The lowest BCUT2D eigenvalue weighted by atomic mass is 10.1. The zero-order valence-electron chi connectivity index (χ0n) is 14.6. The summed E-state index contributed by atoms with van der Waals surface area (Å²) in [7, 11) is -1.73. The van der Waals surface area contributed by atoms with E-state index in [0.717, 1.165) is 12.8 Å². The molecule has 6 nitrogen and oxygen atoms in total. The van der Waals surface area contributed by atoms with E-state index in [-0.39, 0.29) is 16.6 Å². The number of nitrogens with one attached hydrogen (secondary N) is 2. The summed E-state index contributed by atoms with van der Waals surface area (Å²) in [6.07, 6.45) is 3.12. The van der Waals surface area contributed by atoms with Gasteiger partial charge >= 0.3 is 0 Å². The van der Waals surface area contributed by atoms with Crippen LogP contribution in [0.25, 0.3) is 0 Å². The Balaban J connectivity index is 2.39. The van der Waals surface area contributed by atoms with E-state index < -0.39 is 9.84 Å². The van der Waals surface area contributed by atoms with Crippen LogP contribution in [-0.2, 0) is 9.84 Å². The van der Waals surface area contributed by atoms with E-state index >= 15 is 0 Å². The number of hydrogen-bond donors (Lipinski definition) is 2. The molecule has 0 atom stereocenters. The molecule has 1 aromatic carbocycles. The topological polar surface area (TPSA) is 84.0 Å². The average Bonchev–Trinajstić information content (AvgIpc) is 2.62. The van der Waals surface area contributed by atoms with Gasteiger partial charge in [0.25, 0.3) is 0 Å². The quantitative estimate of drug-likeness (QED) is 0.714. The fourth-order valence-electron chi connectivity index (χ4n) is 2.47. The first-order valence-corrected chi connectivity index (χ1v) is 10.2. The SMILES string of the molecule is CCC(CC)CS(=O)(=O)c1ccccc1Nc1nc(NC)ncc1Cl. The van der Waals surface area contributed by atoms with Crippen LogP contribution in [0.3, 0.4) is 0 Å². The Kier molecular flexibility index (Phi) is 6.61. The van der Waals surface area contributed by atoms with Gasteiger partial charge in [-0.2, -0.15) is 4.98 Å². The van der Waals surface area contributed by atoms with E-state index in [1.54, 1.807) is 31.3 Å². The van der Waals surface area contributed by atoms with Crippen molar-refractivity contribution in [2.45, 2.75) is 31.6 Å². The van der Waals surface area contributed by atoms with E-state index in [1.807, 2.05) is 13.8 Å². The van der Waals surface area contributed by atoms with Gasteiger partial charge in [-0.3, -0.25) is 0 Å². The van der Waals surface area contributed by atoms with Crippen LogP contribution in [0.1, 0.15) is 26.7 Å². The highest BCUT2D eigenvalue weighted by Crippen LogP contribution is 2.30. The highest BCUT2D eigenvalue weighted by molar-refractivity contribution is 7.91. The van der Waals surface area contributed by atoms with Gasteiger partial charge < -0.3 is 10.6 Å². The molecule has 0 spiro atoms. The van der Waals surface area contributed by atoms with Crippen molar-refractivity contribution in [3.63, 3.8) is 0 Å². The summed E-state index contributed by atoms with van der Waals surface area (Å²) in [4.78, 5) is 8.51. The first-order chi connectivity index (χ1) is 11.9. The number of anilines is 3. The Morgan fingerprint density at radius 3 is 2.52 bits per heavy atom. The van der Waals surface area contributed by atoms with Crippen molar-refractivity contribution in [1.82, 2.24) is 9.97 Å². The van der Waals surface area contributed by atoms with Gasteiger partial charge in [0.2, 0.25) is 5.95 Å². The summed E-state index contributed by atoms with van der Waals surface area (Å²) in [5.41, 5.74) is 0.455. The lowest BCUT2D eigenvalue weighted by Gasteiger charge is -2.16. The first kappa shape index (κ1) is 19.5. The lowest BCUT2D eigenvalue weighted by molar-refractivity contribution is 0.523. The maximum atomic E-state index is 12.9. The number of para-hydroxylation sites is 1. The molecule has 2 N–H and O–H groups in total. The maximum absolute atomic E-state index is 12.9. The van der Waals surface area contributed by atoms with Crippen LogP contribution in [0.15, 0.2) is 35.4 Å². The normalized spacial score (nSPS) is 11.6. The predicted molar refractivity (Wildman–Crippen MR) is 102 cm³/mol. The van der Waals surface area contributed by atoms with Crippen LogP contribution in [0, 0.1) is 5.92 Å². The van der Waals surface area contributed by atoms with Gasteiger partial charge in [-0.15, -0.1) is 0 Å². The standard InChI is InChI=1S/C17H23ClN4O2S/c1-4-12(5-2)11-25(23,24)15-9-7-6-8-14(15)21-16-13(18)10-20-17(19-3)22-16/h6-10,12H,4-5,11H2,1-3H3,(H2,19,20,21,22). The summed E-state index contributed by atoms with van der Waals surface area (Å²) < 4.78 is 25.7. The van der Waals surface area contributed by atoms with Gasteiger partial charge in [-0.05, 0) is 18.1 Å². The smallest absolute Gasteiger partial charge is 0.224 e. The van der Waals surface area contributed by atoms with E-state index in [0.29, 0.717) is 22.5 Å². The van der Waals surface area contributed by atoms with Crippen molar-refractivity contribution in [2.75, 3.05) is 23.4 Å². The number of benzene rings is 1. The van der Waals surface area contributed by atoms with Crippen LogP contribution in [0.4, 0.5) is 17.5 Å².